The Labute approximate surface area is 62.3 Å². The van der Waals surface area contributed by atoms with Crippen molar-refractivity contribution in [2.45, 2.75) is 3.98 Å². The molecule has 1 nitrogen and oxygen atoms in total. The molecule has 0 spiro atoms. The van der Waals surface area contributed by atoms with Crippen LogP contribution >= 0.6 is 47.4 Å². The van der Waals surface area contributed by atoms with Gasteiger partial charge < -0.3 is 4.74 Å². The monoisotopic (exact) mass is 179 g/mol. The van der Waals surface area contributed by atoms with E-state index in [9.17, 15) is 0 Å². The van der Waals surface area contributed by atoms with E-state index in [0.717, 1.165) is 0 Å². The van der Waals surface area contributed by atoms with Gasteiger partial charge in [0.2, 0.25) is 0 Å². The summed E-state index contributed by atoms with van der Waals surface area (Å²) in [6.07, 6.45) is 0. The lowest BCUT2D eigenvalue weighted by Gasteiger charge is -2.06. The Kier molecular flexibility index (Phi) is 3.80. The number of rotatable bonds is 1. The summed E-state index contributed by atoms with van der Waals surface area (Å²) in [5, 5.41) is 0. The van der Waals surface area contributed by atoms with E-state index in [2.05, 4.69) is 17.4 Å². The summed E-state index contributed by atoms with van der Waals surface area (Å²) in [5.74, 6) is -0.00347. The van der Waals surface area contributed by atoms with Crippen molar-refractivity contribution in [1.82, 2.24) is 0 Å². The summed E-state index contributed by atoms with van der Waals surface area (Å²) in [6, 6.07) is 0. The average molecular weight is 180 g/mol. The molecule has 0 saturated heterocycles. The first-order chi connectivity index (χ1) is 3.06. The van der Waals surface area contributed by atoms with Gasteiger partial charge in [0.1, 0.15) is 5.94 Å². The predicted molar refractivity (Wildman–Crippen MR) is 33.8 cm³/mol. The highest BCUT2D eigenvalue weighted by molar-refractivity contribution is 7.80. The van der Waals surface area contributed by atoms with Crippen molar-refractivity contribution in [3.8, 4) is 0 Å². The Balaban J connectivity index is 3.15. The van der Waals surface area contributed by atoms with Crippen LogP contribution in [-0.2, 0) is 4.74 Å². The molecule has 0 N–H and O–H groups in total. The second-order valence-corrected chi connectivity index (χ2v) is 3.12. The third kappa shape index (κ3) is 7.18. The molecule has 5 heteroatoms. The van der Waals surface area contributed by atoms with Crippen molar-refractivity contribution >= 4 is 47.4 Å². The minimum Gasteiger partial charge on any atom is -0.323 e. The minimum atomic E-state index is -1.64. The van der Waals surface area contributed by atoms with Crippen LogP contribution in [-0.4, -0.2) is 9.92 Å². The fraction of sp³-hybridized carbons (Fsp3) is 1.00. The van der Waals surface area contributed by atoms with Crippen molar-refractivity contribution in [3.63, 3.8) is 0 Å². The zero-order valence-electron chi connectivity index (χ0n) is 3.16. The molecule has 0 heterocycles. The number of halogens is 3. The molecule has 0 bridgehead atoms. The molecule has 0 aliphatic rings. The highest BCUT2D eigenvalue weighted by Crippen LogP contribution is 2.26. The predicted octanol–water partition coefficient (Wildman–Crippen LogP) is 2.49. The molecule has 0 saturated carbocycles. The first-order valence-corrected chi connectivity index (χ1v) is 3.06. The van der Waals surface area contributed by atoms with Crippen LogP contribution < -0.4 is 0 Å². The van der Waals surface area contributed by atoms with Gasteiger partial charge in [-0.25, -0.2) is 0 Å². The number of alkyl halides is 3. The van der Waals surface area contributed by atoms with Crippen LogP contribution in [0.4, 0.5) is 0 Å². The van der Waals surface area contributed by atoms with E-state index in [1.165, 1.54) is 0 Å². The Bertz CT molecular complexity index is 51.4. The summed E-state index contributed by atoms with van der Waals surface area (Å²) in [5.41, 5.74) is 0. The van der Waals surface area contributed by atoms with Crippen LogP contribution in [0.2, 0.25) is 0 Å². The second kappa shape index (κ2) is 3.25. The Morgan fingerprint density at radius 1 is 1.43 bits per heavy atom. The standard InChI is InChI=1S/C2H2Cl3OS/c3-2(4,5)6-1-7/h1H2. The Morgan fingerprint density at radius 2 is 1.86 bits per heavy atom. The molecule has 0 aliphatic heterocycles. The van der Waals surface area contributed by atoms with Crippen LogP contribution in [0.1, 0.15) is 0 Å². The molecular formula is C2H2Cl3OS. The van der Waals surface area contributed by atoms with Gasteiger partial charge in [-0.15, -0.1) is 0 Å². The van der Waals surface area contributed by atoms with Gasteiger partial charge in [-0.1, -0.05) is 47.4 Å². The molecule has 43 valence electrons. The summed E-state index contributed by atoms with van der Waals surface area (Å²) in [7, 11) is 0. The van der Waals surface area contributed by atoms with Gasteiger partial charge in [0.15, 0.2) is 0 Å². The smallest absolute Gasteiger partial charge is 0.298 e. The Morgan fingerprint density at radius 3 is 1.86 bits per heavy atom. The maximum absolute atomic E-state index is 5.08. The minimum absolute atomic E-state index is 0.00347. The van der Waals surface area contributed by atoms with Crippen molar-refractivity contribution in [2.75, 3.05) is 5.94 Å². The zero-order chi connectivity index (χ0) is 5.91. The van der Waals surface area contributed by atoms with Crippen LogP contribution in [0.25, 0.3) is 0 Å². The summed E-state index contributed by atoms with van der Waals surface area (Å²) in [6.45, 7) is 0. The van der Waals surface area contributed by atoms with Crippen LogP contribution in [0.15, 0.2) is 0 Å². The highest BCUT2D eigenvalue weighted by Gasteiger charge is 2.18. The van der Waals surface area contributed by atoms with E-state index in [1.54, 1.807) is 0 Å². The number of ether oxygens (including phenoxy) is 1. The average Bonchev–Trinajstić information content (AvgIpc) is 1.30. The second-order valence-electron chi connectivity index (χ2n) is 0.708. The third-order valence-corrected chi connectivity index (χ3v) is 0.668. The maximum atomic E-state index is 5.08. The van der Waals surface area contributed by atoms with E-state index >= 15 is 0 Å². The first-order valence-electron chi connectivity index (χ1n) is 1.35. The van der Waals surface area contributed by atoms with Gasteiger partial charge in [0, 0.05) is 0 Å². The normalized spacial score (nSPS) is 12.0. The highest BCUT2D eigenvalue weighted by atomic mass is 35.6. The van der Waals surface area contributed by atoms with Crippen LogP contribution in [0.3, 0.4) is 0 Å². The lowest BCUT2D eigenvalue weighted by Crippen LogP contribution is -2.06. The topological polar surface area (TPSA) is 9.23 Å². The van der Waals surface area contributed by atoms with E-state index in [-0.39, 0.29) is 5.94 Å². The van der Waals surface area contributed by atoms with Gasteiger partial charge in [-0.3, -0.25) is 0 Å². The van der Waals surface area contributed by atoms with Crippen molar-refractivity contribution in [2.24, 2.45) is 0 Å². The number of hydrogen-bond donors (Lipinski definition) is 0. The van der Waals surface area contributed by atoms with Gasteiger partial charge >= 0.3 is 0 Å². The SMILES string of the molecule is [S]COC(Cl)(Cl)Cl. The van der Waals surface area contributed by atoms with Gasteiger partial charge in [-0.2, -0.15) is 0 Å². The summed E-state index contributed by atoms with van der Waals surface area (Å²) >= 11 is 19.6. The van der Waals surface area contributed by atoms with Gasteiger partial charge in [-0.05, 0) is 0 Å². The molecule has 0 rings (SSSR count). The quantitative estimate of drug-likeness (QED) is 0.564. The maximum Gasteiger partial charge on any atom is 0.298 e. The zero-order valence-corrected chi connectivity index (χ0v) is 6.24. The largest absolute Gasteiger partial charge is 0.323 e. The molecule has 0 aliphatic carbocycles. The van der Waals surface area contributed by atoms with E-state index in [1.807, 2.05) is 0 Å². The van der Waals surface area contributed by atoms with Gasteiger partial charge in [0.25, 0.3) is 3.98 Å². The summed E-state index contributed by atoms with van der Waals surface area (Å²) < 4.78 is 2.70. The van der Waals surface area contributed by atoms with Crippen molar-refractivity contribution in [3.05, 3.63) is 0 Å². The molecule has 0 aromatic rings. The molecule has 7 heavy (non-hydrogen) atoms. The lowest BCUT2D eigenvalue weighted by atomic mass is 11.5. The number of hydrogen-bond acceptors (Lipinski definition) is 1. The van der Waals surface area contributed by atoms with E-state index in [4.69, 9.17) is 34.8 Å². The molecule has 0 aromatic carbocycles. The third-order valence-electron chi connectivity index (χ3n) is 0.223. The fourth-order valence-corrected chi connectivity index (χ4v) is 0.601. The fourth-order valence-electron chi connectivity index (χ4n) is 0.0668. The van der Waals surface area contributed by atoms with E-state index < -0.39 is 3.98 Å². The van der Waals surface area contributed by atoms with Crippen molar-refractivity contribution < 1.29 is 4.74 Å². The van der Waals surface area contributed by atoms with Crippen LogP contribution in [0.5, 0.6) is 0 Å². The molecule has 0 aromatic heterocycles. The molecule has 0 amide bonds. The van der Waals surface area contributed by atoms with Gasteiger partial charge in [0.05, 0.1) is 0 Å². The Hall–Kier alpha value is 1.18. The molecule has 1 radical (unpaired) electrons. The molecule has 0 unspecified atom stereocenters. The first kappa shape index (κ1) is 8.18. The van der Waals surface area contributed by atoms with Crippen molar-refractivity contribution in [1.29, 1.82) is 0 Å². The lowest BCUT2D eigenvalue weighted by molar-refractivity contribution is 0.181. The van der Waals surface area contributed by atoms with Crippen LogP contribution in [0, 0.1) is 0 Å². The molecule has 0 fully saturated rings. The summed E-state index contributed by atoms with van der Waals surface area (Å²) in [4.78, 5) is 0. The molecular weight excluding hydrogens is 178 g/mol. The molecule has 0 atom stereocenters. The van der Waals surface area contributed by atoms with E-state index in [0.29, 0.717) is 0 Å².